The van der Waals surface area contributed by atoms with Crippen molar-refractivity contribution in [3.63, 3.8) is 0 Å². The third-order valence-corrected chi connectivity index (χ3v) is 5.43. The predicted octanol–water partition coefficient (Wildman–Crippen LogP) is 3.48. The van der Waals surface area contributed by atoms with E-state index in [1.807, 2.05) is 60.7 Å². The van der Waals surface area contributed by atoms with Crippen LogP contribution >= 0.6 is 0 Å². The number of esters is 1. The second-order valence-corrected chi connectivity index (χ2v) is 9.10. The summed E-state index contributed by atoms with van der Waals surface area (Å²) in [4.78, 5) is 12.8. The lowest BCUT2D eigenvalue weighted by molar-refractivity contribution is -0.315. The number of carbonyl (C=O) groups is 1. The number of aliphatic hydroxyl groups excluding tert-OH is 1. The van der Waals surface area contributed by atoms with E-state index >= 15 is 0 Å². The average molecular weight is 459 g/mol. The fraction of sp³-hybridized carbons (Fsp3) is 0.500. The molecule has 1 heterocycles. The van der Waals surface area contributed by atoms with Gasteiger partial charge >= 0.3 is 5.97 Å². The van der Waals surface area contributed by atoms with E-state index in [1.54, 1.807) is 20.8 Å². The van der Waals surface area contributed by atoms with Crippen molar-refractivity contribution in [3.8, 4) is 0 Å². The van der Waals surface area contributed by atoms with Crippen LogP contribution in [0.4, 0.5) is 0 Å². The van der Waals surface area contributed by atoms with Gasteiger partial charge in [-0.2, -0.15) is 0 Å². The van der Waals surface area contributed by atoms with Crippen molar-refractivity contribution >= 4 is 5.97 Å². The first-order valence-corrected chi connectivity index (χ1v) is 11.1. The lowest BCUT2D eigenvalue weighted by atomic mass is 9.95. The van der Waals surface area contributed by atoms with Gasteiger partial charge in [0.15, 0.2) is 12.4 Å². The molecule has 3 rings (SSSR count). The highest BCUT2D eigenvalue weighted by Crippen LogP contribution is 2.31. The van der Waals surface area contributed by atoms with Crippen LogP contribution in [0.3, 0.4) is 0 Å². The fourth-order valence-electron chi connectivity index (χ4n) is 3.57. The van der Waals surface area contributed by atoms with Crippen LogP contribution in [0, 0.1) is 5.41 Å². The molecule has 1 aliphatic rings. The summed E-state index contributed by atoms with van der Waals surface area (Å²) < 4.78 is 29.8. The quantitative estimate of drug-likeness (QED) is 0.576. The van der Waals surface area contributed by atoms with Crippen molar-refractivity contribution in [2.75, 3.05) is 13.7 Å². The number of rotatable bonds is 9. The highest BCUT2D eigenvalue weighted by atomic mass is 16.7. The number of hydrogen-bond acceptors (Lipinski definition) is 7. The zero-order chi connectivity index (χ0) is 23.8. The summed E-state index contributed by atoms with van der Waals surface area (Å²) in [6, 6.07) is 19.4. The van der Waals surface area contributed by atoms with Crippen molar-refractivity contribution in [1.82, 2.24) is 0 Å². The number of aliphatic hydroxyl groups is 1. The molecule has 2 aromatic carbocycles. The van der Waals surface area contributed by atoms with Crippen molar-refractivity contribution in [1.29, 1.82) is 0 Å². The molecule has 0 aliphatic carbocycles. The Morgan fingerprint density at radius 3 is 1.85 bits per heavy atom. The largest absolute Gasteiger partial charge is 0.454 e. The van der Waals surface area contributed by atoms with Crippen LogP contribution in [0.5, 0.6) is 0 Å². The second-order valence-electron chi connectivity index (χ2n) is 9.10. The zero-order valence-electron chi connectivity index (χ0n) is 19.7. The third kappa shape index (κ3) is 6.85. The Hall–Kier alpha value is -2.29. The van der Waals surface area contributed by atoms with E-state index in [9.17, 15) is 9.90 Å². The fourth-order valence-corrected chi connectivity index (χ4v) is 3.57. The maximum atomic E-state index is 12.8. The number of methoxy groups -OCH3 is 1. The normalized spacial score (nSPS) is 25.5. The summed E-state index contributed by atoms with van der Waals surface area (Å²) in [7, 11) is 1.47. The van der Waals surface area contributed by atoms with Gasteiger partial charge in [-0.05, 0) is 31.9 Å². The smallest absolute Gasteiger partial charge is 0.311 e. The van der Waals surface area contributed by atoms with Crippen LogP contribution in [0.2, 0.25) is 0 Å². The van der Waals surface area contributed by atoms with Gasteiger partial charge in [0, 0.05) is 7.11 Å². The summed E-state index contributed by atoms with van der Waals surface area (Å²) >= 11 is 0. The molecule has 0 saturated carbocycles. The van der Waals surface area contributed by atoms with Gasteiger partial charge in [-0.25, -0.2) is 0 Å². The van der Waals surface area contributed by atoms with E-state index in [4.69, 9.17) is 23.7 Å². The molecule has 5 atom stereocenters. The van der Waals surface area contributed by atoms with Gasteiger partial charge in [-0.1, -0.05) is 60.7 Å². The molecule has 2 aromatic rings. The van der Waals surface area contributed by atoms with Gasteiger partial charge in [0.05, 0.1) is 25.2 Å². The Morgan fingerprint density at radius 1 is 0.879 bits per heavy atom. The van der Waals surface area contributed by atoms with E-state index in [1.165, 1.54) is 7.11 Å². The van der Waals surface area contributed by atoms with Gasteiger partial charge in [-0.3, -0.25) is 4.79 Å². The molecule has 1 N–H and O–H groups in total. The first-order valence-electron chi connectivity index (χ1n) is 11.1. The zero-order valence-corrected chi connectivity index (χ0v) is 19.7. The summed E-state index contributed by atoms with van der Waals surface area (Å²) in [6.45, 7) is 5.59. The molecular formula is C26H34O7. The van der Waals surface area contributed by atoms with Crippen molar-refractivity contribution in [2.45, 2.75) is 64.7 Å². The minimum Gasteiger partial charge on any atom is -0.454 e. The Kier molecular flexibility index (Phi) is 9.00. The van der Waals surface area contributed by atoms with Crippen LogP contribution in [0.1, 0.15) is 31.9 Å². The molecule has 1 fully saturated rings. The van der Waals surface area contributed by atoms with E-state index in [2.05, 4.69) is 0 Å². The lowest BCUT2D eigenvalue weighted by Crippen LogP contribution is -2.62. The second kappa shape index (κ2) is 11.7. The van der Waals surface area contributed by atoms with Crippen LogP contribution in [0.15, 0.2) is 60.7 Å². The first kappa shape index (κ1) is 25.3. The number of ether oxygens (including phenoxy) is 5. The minimum atomic E-state index is -0.911. The molecule has 7 nitrogen and oxygen atoms in total. The molecule has 0 radical (unpaired) electrons. The molecule has 180 valence electrons. The van der Waals surface area contributed by atoms with Crippen LogP contribution in [-0.2, 0) is 41.7 Å². The Bertz CT molecular complexity index is 850. The highest BCUT2D eigenvalue weighted by molar-refractivity contribution is 5.75. The molecule has 0 amide bonds. The Morgan fingerprint density at radius 2 is 1.39 bits per heavy atom. The SMILES string of the molecule is CO[C@@H]1O[C@H](CO)[C@@H](OCc2ccccc2)[C@H](OCc2ccccc2)[C@H]1OC(=O)C(C)(C)C. The molecule has 33 heavy (non-hydrogen) atoms. The highest BCUT2D eigenvalue weighted by Gasteiger charge is 2.50. The van der Waals surface area contributed by atoms with E-state index in [0.717, 1.165) is 11.1 Å². The Labute approximate surface area is 195 Å². The summed E-state index contributed by atoms with van der Waals surface area (Å²) in [6.07, 6.45) is -3.93. The first-order chi connectivity index (χ1) is 15.8. The monoisotopic (exact) mass is 458 g/mol. The van der Waals surface area contributed by atoms with Crippen molar-refractivity contribution in [3.05, 3.63) is 71.8 Å². The standard InChI is InChI=1S/C26H34O7/c1-26(2,3)25(28)33-23-22(31-17-19-13-9-6-10-14-19)21(20(15-27)32-24(23)29-4)30-16-18-11-7-5-8-12-18/h5-14,20-24,27H,15-17H2,1-4H3/t20-,21-,22+,23-,24-/m1/s1. The summed E-state index contributed by atoms with van der Waals surface area (Å²) in [5.74, 6) is -0.407. The number of hydrogen-bond donors (Lipinski definition) is 1. The topological polar surface area (TPSA) is 83.5 Å². The molecule has 0 aromatic heterocycles. The van der Waals surface area contributed by atoms with Gasteiger partial charge in [-0.15, -0.1) is 0 Å². The molecule has 1 aliphatic heterocycles. The van der Waals surface area contributed by atoms with Crippen LogP contribution in [0.25, 0.3) is 0 Å². The van der Waals surface area contributed by atoms with Gasteiger partial charge in [0.2, 0.25) is 0 Å². The maximum absolute atomic E-state index is 12.8. The average Bonchev–Trinajstić information content (AvgIpc) is 2.82. The number of benzene rings is 2. The minimum absolute atomic E-state index is 0.273. The molecule has 7 heteroatoms. The molecule has 1 saturated heterocycles. The lowest BCUT2D eigenvalue weighted by Gasteiger charge is -2.45. The maximum Gasteiger partial charge on any atom is 0.311 e. The summed E-state index contributed by atoms with van der Waals surface area (Å²) in [5.41, 5.74) is 1.20. The molecule has 0 bridgehead atoms. The van der Waals surface area contributed by atoms with Gasteiger partial charge < -0.3 is 28.8 Å². The molecule has 0 unspecified atom stereocenters. The predicted molar refractivity (Wildman–Crippen MR) is 122 cm³/mol. The number of carbonyl (C=O) groups excluding carboxylic acids is 1. The van der Waals surface area contributed by atoms with Crippen molar-refractivity contribution < 1.29 is 33.6 Å². The van der Waals surface area contributed by atoms with E-state index in [0.29, 0.717) is 0 Å². The van der Waals surface area contributed by atoms with E-state index < -0.39 is 42.1 Å². The van der Waals surface area contributed by atoms with Gasteiger partial charge in [0.1, 0.15) is 18.3 Å². The van der Waals surface area contributed by atoms with Gasteiger partial charge in [0.25, 0.3) is 0 Å². The molecule has 0 spiro atoms. The van der Waals surface area contributed by atoms with Crippen LogP contribution < -0.4 is 0 Å². The third-order valence-electron chi connectivity index (χ3n) is 5.43. The van der Waals surface area contributed by atoms with Crippen LogP contribution in [-0.4, -0.2) is 55.5 Å². The van der Waals surface area contributed by atoms with E-state index in [-0.39, 0.29) is 19.8 Å². The van der Waals surface area contributed by atoms with Crippen molar-refractivity contribution in [2.24, 2.45) is 5.41 Å². The molecular weight excluding hydrogens is 424 g/mol. The summed E-state index contributed by atoms with van der Waals surface area (Å²) in [5, 5.41) is 10.0. The Balaban J connectivity index is 1.88.